The Morgan fingerprint density at radius 2 is 0.730 bits per heavy atom. The van der Waals surface area contributed by atoms with E-state index in [4.69, 9.17) is 14.2 Å². The molecule has 0 saturated heterocycles. The summed E-state index contributed by atoms with van der Waals surface area (Å²) in [5.74, 6) is 0.123. The van der Waals surface area contributed by atoms with Gasteiger partial charge in [-0.2, -0.15) is 0 Å². The molecule has 3 heterocycles. The number of fused-ring (bicyclic) bond motifs is 6. The predicted octanol–water partition coefficient (Wildman–Crippen LogP) is 15.4. The van der Waals surface area contributed by atoms with Gasteiger partial charge in [-0.05, 0) is 198 Å². The average Bonchev–Trinajstić information content (AvgIpc) is 1.52. The van der Waals surface area contributed by atoms with Crippen LogP contribution in [-0.2, 0) is 53.9 Å². The molecule has 3 unspecified atom stereocenters. The molecular formula is C79H104N6O12S3. The van der Waals surface area contributed by atoms with Gasteiger partial charge in [0, 0.05) is 40.4 Å². The van der Waals surface area contributed by atoms with E-state index in [9.17, 15) is 39.6 Å². The van der Waals surface area contributed by atoms with Crippen LogP contribution >= 0.6 is 0 Å². The Bertz CT molecular complexity index is 4210. The highest BCUT2D eigenvalue weighted by Gasteiger charge is 2.38. The zero-order valence-electron chi connectivity index (χ0n) is 58.9. The lowest BCUT2D eigenvalue weighted by atomic mass is 9.96. The van der Waals surface area contributed by atoms with Crippen molar-refractivity contribution in [2.45, 2.75) is 191 Å². The van der Waals surface area contributed by atoms with Crippen molar-refractivity contribution >= 4 is 65.0 Å². The molecule has 0 radical (unpaired) electrons. The lowest BCUT2D eigenvalue weighted by molar-refractivity contribution is -0.147. The number of ether oxygens (including phenoxy) is 3. The molecular weight excluding hydrogens is 1320 g/mol. The van der Waals surface area contributed by atoms with Crippen molar-refractivity contribution in [3.05, 3.63) is 208 Å². The number of hydrogen-bond donors (Lipinski definition) is 3. The number of nitrogens with zero attached hydrogens (tertiary/aromatic N) is 3. The number of hydrogen-bond acceptors (Lipinski definition) is 15. The van der Waals surface area contributed by atoms with E-state index >= 15 is 0 Å². The molecule has 0 aromatic heterocycles. The summed E-state index contributed by atoms with van der Waals surface area (Å²) in [5, 5.41) is 10.8. The topological polar surface area (TPSA) is 227 Å². The summed E-state index contributed by atoms with van der Waals surface area (Å²) >= 11 is 0. The van der Waals surface area contributed by atoms with Crippen molar-refractivity contribution in [2.75, 3.05) is 60.3 Å². The van der Waals surface area contributed by atoms with Crippen molar-refractivity contribution < 1.29 is 53.8 Å². The molecule has 0 aliphatic carbocycles. The van der Waals surface area contributed by atoms with Crippen molar-refractivity contribution in [2.24, 2.45) is 0 Å². The molecule has 7 aromatic carbocycles. The number of sulfonamides is 3. The molecule has 0 fully saturated rings. The Labute approximate surface area is 595 Å². The van der Waals surface area contributed by atoms with Gasteiger partial charge >= 0.3 is 17.9 Å². The first-order chi connectivity index (χ1) is 47.4. The van der Waals surface area contributed by atoms with E-state index in [1.807, 2.05) is 169 Å². The Hall–Kier alpha value is -7.92. The van der Waals surface area contributed by atoms with Gasteiger partial charge in [-0.1, -0.05) is 162 Å². The molecule has 3 atom stereocenters. The van der Waals surface area contributed by atoms with Crippen LogP contribution in [-0.4, -0.2) is 96.6 Å². The van der Waals surface area contributed by atoms with Crippen LogP contribution in [0.5, 0.6) is 5.75 Å². The largest absolute Gasteiger partial charge is 0.466 e. The normalized spacial score (nSPS) is 16.4. The smallest absolute Gasteiger partial charge is 0.311 e. The van der Waals surface area contributed by atoms with Gasteiger partial charge in [-0.25, -0.2) is 25.3 Å². The van der Waals surface area contributed by atoms with Gasteiger partial charge < -0.3 is 30.2 Å². The second-order valence-electron chi connectivity index (χ2n) is 25.9. The van der Waals surface area contributed by atoms with E-state index < -0.39 is 30.1 Å². The third-order valence-corrected chi connectivity index (χ3v) is 23.4. The quantitative estimate of drug-likeness (QED) is 0.0235. The van der Waals surface area contributed by atoms with Gasteiger partial charge in [-0.15, -0.1) is 0 Å². The number of carbonyl (C=O) groups excluding carboxylic acids is 3. The van der Waals surface area contributed by atoms with Crippen LogP contribution in [0.3, 0.4) is 0 Å². The molecule has 3 aliphatic heterocycles. The molecule has 100 heavy (non-hydrogen) atoms. The fourth-order valence-corrected chi connectivity index (χ4v) is 17.2. The van der Waals surface area contributed by atoms with Crippen molar-refractivity contribution in [1.82, 2.24) is 16.0 Å². The molecule has 10 rings (SSSR count). The second-order valence-corrected chi connectivity index (χ2v) is 31.7. The second kappa shape index (κ2) is 37.7. The summed E-state index contributed by atoms with van der Waals surface area (Å²) in [7, 11) is -6.07. The van der Waals surface area contributed by atoms with Gasteiger partial charge in [-0.3, -0.25) is 27.3 Å². The maximum absolute atomic E-state index is 13.4. The van der Waals surface area contributed by atoms with Crippen molar-refractivity contribution in [3.63, 3.8) is 0 Å². The van der Waals surface area contributed by atoms with E-state index in [0.717, 1.165) is 153 Å². The number of anilines is 3. The van der Waals surface area contributed by atoms with E-state index in [1.165, 1.54) is 12.9 Å². The number of aryl methyl sites for hydroxylation is 3. The molecule has 0 spiro atoms. The zero-order valence-corrected chi connectivity index (χ0v) is 61.4. The molecule has 0 saturated carbocycles. The fourth-order valence-electron chi connectivity index (χ4n) is 12.6. The van der Waals surface area contributed by atoms with E-state index in [0.29, 0.717) is 63.4 Å². The van der Waals surface area contributed by atoms with Gasteiger partial charge in [0.25, 0.3) is 30.1 Å². The third-order valence-electron chi connectivity index (χ3n) is 17.9. The highest BCUT2D eigenvalue weighted by Crippen LogP contribution is 2.43. The predicted molar refractivity (Wildman–Crippen MR) is 400 cm³/mol. The number of nitrogens with one attached hydrogen (secondary N) is 3. The summed E-state index contributed by atoms with van der Waals surface area (Å²) in [6, 6.07) is 48.5. The lowest BCUT2D eigenvalue weighted by Crippen LogP contribution is -2.26. The van der Waals surface area contributed by atoms with Crippen molar-refractivity contribution in [1.29, 1.82) is 0 Å². The molecule has 3 aliphatic rings. The first-order valence-electron chi connectivity index (χ1n) is 34.8. The summed E-state index contributed by atoms with van der Waals surface area (Å²) in [6.07, 6.45) is 13.2. The minimum absolute atomic E-state index is 0. The molecule has 3 N–H and O–H groups in total. The number of rotatable bonds is 28. The number of esters is 3. The van der Waals surface area contributed by atoms with Crippen LogP contribution in [0.25, 0.3) is 0 Å². The first-order valence-corrected chi connectivity index (χ1v) is 39.1. The standard InChI is InChI=1S/C28H32N2O4S.2C25H34N2O4S.CH4/c1-21-17-18-24-26(20-21)35(32,33)30(2)25-15-10-9-14-23(25)28(24)29-19-11-4-3-8-16-27(31)34-22-12-6-5-7-13-22;1-18(2)31-24(28)13-7-5-6-10-16-26-25-20-11-8-9-12-22(20)27(4)32(29,30)23-17-19(3)14-15-21(23)25;1-4-17-31-24(28)13-7-5-6-10-16-26-25-20-11-8-9-12-22(20)27(3)32(29,30)23-18-19(2)14-15-21(23)25;/h5-7,9-10,12-15,17-18,20,28-29H,3-4,8,11,16,19H2,1-2H3;8-9,11-12,14-15,17-18,25-26H,5-7,10,13,16H2,1-4H3;8-9,11-12,14-15,18,25-26H,4-7,10,13,16-17H2,1-3H3;1H4. The molecule has 0 bridgehead atoms. The summed E-state index contributed by atoms with van der Waals surface area (Å²) in [6.45, 7) is 14.2. The highest BCUT2D eigenvalue weighted by atomic mass is 32.2. The molecule has 0 amide bonds. The highest BCUT2D eigenvalue weighted by molar-refractivity contribution is 7.93. The molecule has 21 heteroatoms. The Morgan fingerprint density at radius 3 is 1.08 bits per heavy atom. The summed E-state index contributed by atoms with van der Waals surface area (Å²) in [4.78, 5) is 36.3. The minimum Gasteiger partial charge on any atom is -0.466 e. The van der Waals surface area contributed by atoms with Crippen LogP contribution < -0.4 is 33.6 Å². The molecule has 7 aromatic rings. The Balaban J connectivity index is 0.000000210. The maximum Gasteiger partial charge on any atom is 0.311 e. The van der Waals surface area contributed by atoms with E-state index in [-0.39, 0.29) is 49.6 Å². The van der Waals surface area contributed by atoms with Gasteiger partial charge in [0.15, 0.2) is 0 Å². The van der Waals surface area contributed by atoms with E-state index in [1.54, 1.807) is 51.5 Å². The number of para-hydroxylation sites is 4. The number of unbranched alkanes of at least 4 members (excludes halogenated alkanes) is 9. The Morgan fingerprint density at radius 1 is 0.410 bits per heavy atom. The summed E-state index contributed by atoms with van der Waals surface area (Å²) < 4.78 is 99.7. The van der Waals surface area contributed by atoms with Crippen molar-refractivity contribution in [3.8, 4) is 5.75 Å². The summed E-state index contributed by atoms with van der Waals surface area (Å²) in [5.41, 5.74) is 10.0. The zero-order chi connectivity index (χ0) is 71.3. The van der Waals surface area contributed by atoms with Crippen LogP contribution in [0.1, 0.15) is 199 Å². The van der Waals surface area contributed by atoms with Crippen LogP contribution in [0.4, 0.5) is 17.1 Å². The minimum atomic E-state index is -3.65. The van der Waals surface area contributed by atoms with Crippen LogP contribution in [0, 0.1) is 20.8 Å². The van der Waals surface area contributed by atoms with Gasteiger partial charge in [0.2, 0.25) is 0 Å². The average molecular weight is 1430 g/mol. The fraction of sp³-hybridized carbons (Fsp3) is 0.430. The Kier molecular flexibility index (Phi) is 29.9. The van der Waals surface area contributed by atoms with Gasteiger partial charge in [0.1, 0.15) is 5.75 Å². The lowest BCUT2D eigenvalue weighted by Gasteiger charge is -2.22. The monoisotopic (exact) mass is 1420 g/mol. The van der Waals surface area contributed by atoms with Crippen LogP contribution in [0.15, 0.2) is 172 Å². The van der Waals surface area contributed by atoms with E-state index in [2.05, 4.69) is 16.0 Å². The number of benzene rings is 7. The number of carbonyl (C=O) groups is 3. The SMILES string of the molecule is C.CCCOC(=O)CCCCCCNC1c2ccccc2N(C)S(=O)(=O)c2cc(C)ccc21.Cc1ccc2c(c1)S(=O)(=O)N(C)c1ccccc1C2NCCCCCCC(=O)OC(C)C.Cc1ccc2c(c1)S(=O)(=O)N(C)c1ccccc1C2NCCCCCCC(=O)Oc1ccccc1. The molecule has 18 nitrogen and oxygen atoms in total. The molecule has 540 valence electrons. The third kappa shape index (κ3) is 20.6. The first kappa shape index (κ1) is 79.4. The maximum atomic E-state index is 13.4. The van der Waals surface area contributed by atoms with Gasteiger partial charge in [0.05, 0.1) is 62.6 Å². The van der Waals surface area contributed by atoms with Crippen LogP contribution in [0.2, 0.25) is 0 Å².